The molecule has 3 aliphatic rings. The third kappa shape index (κ3) is 8.78. The highest BCUT2D eigenvalue weighted by molar-refractivity contribution is 7.10. The molecule has 3 fully saturated rings. The average molecular weight is 819 g/mol. The molecule has 0 N–H and O–H groups in total. The van der Waals surface area contributed by atoms with Gasteiger partial charge >= 0.3 is 12.4 Å². The number of likely N-dealkylation sites (tertiary alicyclic amines) is 2. The van der Waals surface area contributed by atoms with Gasteiger partial charge in [-0.15, -0.1) is 11.3 Å². The lowest BCUT2D eigenvalue weighted by Crippen LogP contribution is -2.68. The van der Waals surface area contributed by atoms with Crippen molar-refractivity contribution in [1.29, 1.82) is 5.26 Å². The normalized spacial score (nSPS) is 23.8. The minimum Gasteiger partial charge on any atom is -0.490 e. The molecule has 2 saturated heterocycles. The number of carbonyl (C=O) groups is 3. The van der Waals surface area contributed by atoms with Crippen LogP contribution in [-0.4, -0.2) is 69.8 Å². The van der Waals surface area contributed by atoms with Gasteiger partial charge in [0.05, 0.1) is 29.2 Å². The lowest BCUT2D eigenvalue weighted by molar-refractivity contribution is -0.160. The first-order chi connectivity index (χ1) is 27.0. The molecule has 57 heavy (non-hydrogen) atoms. The van der Waals surface area contributed by atoms with Crippen LogP contribution in [0.5, 0.6) is 11.5 Å². The smallest absolute Gasteiger partial charge is 0.425 e. The Morgan fingerprint density at radius 2 is 1.74 bits per heavy atom. The zero-order valence-electron chi connectivity index (χ0n) is 31.6. The molecule has 0 spiro atoms. The maximum absolute atomic E-state index is 15.1. The molecule has 2 aliphatic heterocycles. The molecular formula is C41H44F6N4O5S. The van der Waals surface area contributed by atoms with Crippen LogP contribution in [0.2, 0.25) is 0 Å². The highest BCUT2D eigenvalue weighted by atomic mass is 32.1. The summed E-state index contributed by atoms with van der Waals surface area (Å²) < 4.78 is 96.4. The SMILES string of the molecule is CCC[C@H]1N(C(=O)c2ncccc2C(F)(F)F)CCC[C@@]1(Oc1csc(C(F)(F)F)c1)C(=O)N1CCC(C#N)(c2ccccc2O[C@@H]2CC[C@@H](CC(C)=O)C2)CC1. The second kappa shape index (κ2) is 16.7. The molecule has 3 aromatic rings. The Morgan fingerprint density at radius 3 is 2.39 bits per heavy atom. The van der Waals surface area contributed by atoms with Crippen LogP contribution < -0.4 is 9.47 Å². The molecule has 2 amide bonds. The number of para-hydroxylation sites is 1. The molecule has 9 nitrogen and oxygen atoms in total. The third-order valence-electron chi connectivity index (χ3n) is 11.4. The zero-order chi connectivity index (χ0) is 41.2. The first-order valence-electron chi connectivity index (χ1n) is 19.2. The lowest BCUT2D eigenvalue weighted by Gasteiger charge is -2.51. The second-order valence-electron chi connectivity index (χ2n) is 15.2. The number of Topliss-reactive ketones (excluding diaryl/α,β-unsaturated/α-hetero) is 1. The molecule has 1 saturated carbocycles. The van der Waals surface area contributed by atoms with E-state index in [2.05, 4.69) is 11.1 Å². The van der Waals surface area contributed by atoms with Crippen LogP contribution in [0.1, 0.15) is 105 Å². The fourth-order valence-corrected chi connectivity index (χ4v) is 9.43. The maximum Gasteiger partial charge on any atom is 0.425 e. The fraction of sp³-hybridized carbons (Fsp3) is 0.537. The molecule has 306 valence electrons. The van der Waals surface area contributed by atoms with E-state index < -0.39 is 57.4 Å². The summed E-state index contributed by atoms with van der Waals surface area (Å²) in [5.74, 6) is -1.07. The van der Waals surface area contributed by atoms with Crippen molar-refractivity contribution in [2.75, 3.05) is 19.6 Å². The van der Waals surface area contributed by atoms with Gasteiger partial charge in [0.1, 0.15) is 27.9 Å². The number of hydrogen-bond acceptors (Lipinski definition) is 8. The highest BCUT2D eigenvalue weighted by Crippen LogP contribution is 2.46. The third-order valence-corrected chi connectivity index (χ3v) is 12.4. The van der Waals surface area contributed by atoms with Gasteiger partial charge < -0.3 is 24.1 Å². The molecule has 4 atom stereocenters. The average Bonchev–Trinajstić information content (AvgIpc) is 3.84. The van der Waals surface area contributed by atoms with Gasteiger partial charge in [-0.05, 0) is 76.0 Å². The van der Waals surface area contributed by atoms with Gasteiger partial charge in [-0.1, -0.05) is 31.5 Å². The van der Waals surface area contributed by atoms with Gasteiger partial charge in [-0.25, -0.2) is 0 Å². The molecule has 2 aromatic heterocycles. The predicted octanol–water partition coefficient (Wildman–Crippen LogP) is 9.01. The quantitative estimate of drug-likeness (QED) is 0.178. The number of hydrogen-bond donors (Lipinski definition) is 0. The highest BCUT2D eigenvalue weighted by Gasteiger charge is 2.57. The van der Waals surface area contributed by atoms with E-state index in [9.17, 15) is 41.2 Å². The molecule has 1 aliphatic carbocycles. The minimum atomic E-state index is -4.91. The summed E-state index contributed by atoms with van der Waals surface area (Å²) in [6.45, 7) is 3.37. The lowest BCUT2D eigenvalue weighted by atomic mass is 9.72. The summed E-state index contributed by atoms with van der Waals surface area (Å²) in [6, 6.07) is 11.1. The van der Waals surface area contributed by atoms with E-state index in [-0.39, 0.29) is 75.3 Å². The van der Waals surface area contributed by atoms with Crippen LogP contribution in [0.3, 0.4) is 0 Å². The van der Waals surface area contributed by atoms with Crippen molar-refractivity contribution in [2.45, 2.75) is 114 Å². The van der Waals surface area contributed by atoms with E-state index in [1.807, 2.05) is 12.1 Å². The van der Waals surface area contributed by atoms with Crippen LogP contribution >= 0.6 is 11.3 Å². The predicted molar refractivity (Wildman–Crippen MR) is 197 cm³/mol. The van der Waals surface area contributed by atoms with E-state index in [4.69, 9.17) is 9.47 Å². The molecule has 1 aromatic carbocycles. The minimum absolute atomic E-state index is 0.0333. The second-order valence-corrected chi connectivity index (χ2v) is 16.2. The number of piperidine rings is 2. The summed E-state index contributed by atoms with van der Waals surface area (Å²) in [4.78, 5) is 46.3. The van der Waals surface area contributed by atoms with Gasteiger partial charge in [0.25, 0.3) is 11.8 Å². The number of amides is 2. The summed E-state index contributed by atoms with van der Waals surface area (Å²) in [5.41, 5.74) is -4.49. The van der Waals surface area contributed by atoms with E-state index >= 15 is 4.79 Å². The number of ether oxygens (including phenoxy) is 2. The number of thiophene rings is 1. The first-order valence-corrected chi connectivity index (χ1v) is 20.0. The van der Waals surface area contributed by atoms with E-state index in [1.165, 1.54) is 4.90 Å². The summed E-state index contributed by atoms with van der Waals surface area (Å²) in [6.07, 6.45) is -5.03. The molecule has 6 rings (SSSR count). The Labute approximate surface area is 330 Å². The number of alkyl halides is 6. The number of pyridine rings is 1. The van der Waals surface area contributed by atoms with Crippen molar-refractivity contribution in [1.82, 2.24) is 14.8 Å². The van der Waals surface area contributed by atoms with Crippen molar-refractivity contribution >= 4 is 28.9 Å². The van der Waals surface area contributed by atoms with Crippen molar-refractivity contribution in [3.05, 3.63) is 75.7 Å². The fourth-order valence-electron chi connectivity index (χ4n) is 8.75. The molecule has 16 heteroatoms. The maximum atomic E-state index is 15.1. The van der Waals surface area contributed by atoms with Gasteiger partial charge in [0.15, 0.2) is 0 Å². The van der Waals surface area contributed by atoms with Crippen molar-refractivity contribution in [3.8, 4) is 17.6 Å². The van der Waals surface area contributed by atoms with Crippen LogP contribution in [0.15, 0.2) is 54.0 Å². The van der Waals surface area contributed by atoms with Crippen molar-refractivity contribution < 1.29 is 50.2 Å². The first kappa shape index (κ1) is 42.0. The largest absolute Gasteiger partial charge is 0.490 e. The number of nitriles is 1. The zero-order valence-corrected chi connectivity index (χ0v) is 32.4. The summed E-state index contributed by atoms with van der Waals surface area (Å²) in [5, 5.41) is 11.8. The van der Waals surface area contributed by atoms with E-state index in [0.29, 0.717) is 41.9 Å². The van der Waals surface area contributed by atoms with E-state index in [0.717, 1.165) is 47.5 Å². The Morgan fingerprint density at radius 1 is 1.00 bits per heavy atom. The Bertz CT molecular complexity index is 1990. The number of rotatable bonds is 11. The van der Waals surface area contributed by atoms with Gasteiger partial charge in [-0.3, -0.25) is 14.6 Å². The van der Waals surface area contributed by atoms with Gasteiger partial charge in [0, 0.05) is 55.7 Å². The summed E-state index contributed by atoms with van der Waals surface area (Å²) in [7, 11) is 0. The Kier molecular flexibility index (Phi) is 12.3. The Balaban J connectivity index is 1.31. The number of nitrogens with zero attached hydrogens (tertiary/aromatic N) is 4. The Hall–Kier alpha value is -4.65. The molecule has 0 radical (unpaired) electrons. The van der Waals surface area contributed by atoms with Crippen LogP contribution in [0, 0.1) is 17.2 Å². The number of aromatic nitrogens is 1. The van der Waals surface area contributed by atoms with Gasteiger partial charge in [-0.2, -0.15) is 31.6 Å². The van der Waals surface area contributed by atoms with Crippen molar-refractivity contribution in [2.24, 2.45) is 5.92 Å². The van der Waals surface area contributed by atoms with Crippen LogP contribution in [-0.2, 0) is 27.4 Å². The molecule has 0 unspecified atom stereocenters. The number of ketones is 1. The van der Waals surface area contributed by atoms with Gasteiger partial charge in [0.2, 0.25) is 5.60 Å². The molecule has 0 bridgehead atoms. The van der Waals surface area contributed by atoms with Crippen LogP contribution in [0.4, 0.5) is 26.3 Å². The monoisotopic (exact) mass is 818 g/mol. The standard InChI is InChI=1S/C41H44F6N4O5S/c1-3-8-33-39(56-29-23-34(57-24-29)41(45,46)47,14-7-18-51(33)36(53)35-31(40(42,43)44)10-6-17-49-35)37(54)50-19-15-38(25-48,16-20-50)30-9-4-5-11-32(30)55-28-13-12-27(22-28)21-26(2)52/h4-6,9-11,17,23-24,27-28,33H,3,7-8,12-16,18-22H2,1-2H3/t27-,28+,33+,39-/m0/s1. The van der Waals surface area contributed by atoms with E-state index in [1.54, 1.807) is 26.0 Å². The molecular weight excluding hydrogens is 775 g/mol. The molecule has 4 heterocycles. The number of halogens is 6. The summed E-state index contributed by atoms with van der Waals surface area (Å²) >= 11 is 0.376. The number of carbonyl (C=O) groups excluding carboxylic acids is 3. The van der Waals surface area contributed by atoms with Crippen molar-refractivity contribution in [3.63, 3.8) is 0 Å². The number of benzene rings is 1. The van der Waals surface area contributed by atoms with Crippen LogP contribution in [0.25, 0.3) is 0 Å². The topological polar surface area (TPSA) is 113 Å².